The molecule has 25 heavy (non-hydrogen) atoms. The number of hydrogen-bond donors (Lipinski definition) is 1. The van der Waals surface area contributed by atoms with Gasteiger partial charge in [0, 0.05) is 30.7 Å². The molecule has 0 saturated heterocycles. The Bertz CT molecular complexity index is 887. The third kappa shape index (κ3) is 5.00. The summed E-state index contributed by atoms with van der Waals surface area (Å²) in [5.74, 6) is -1.97. The van der Waals surface area contributed by atoms with Crippen LogP contribution in [-0.2, 0) is 14.8 Å². The van der Waals surface area contributed by atoms with Gasteiger partial charge in [-0.1, -0.05) is 6.07 Å². The third-order valence-electron chi connectivity index (χ3n) is 3.15. The molecule has 0 bridgehead atoms. The molecule has 0 aromatic heterocycles. The van der Waals surface area contributed by atoms with Crippen molar-refractivity contribution in [3.8, 4) is 0 Å². The van der Waals surface area contributed by atoms with Gasteiger partial charge < -0.3 is 5.32 Å². The van der Waals surface area contributed by atoms with Gasteiger partial charge in [0.25, 0.3) is 0 Å². The smallest absolute Gasteiger partial charge is 0.242 e. The SMILES string of the molecule is CN(C)S(=O)(=O)c1cccc(NC(=O)CSc2ccc(F)cc2F)c1. The summed E-state index contributed by atoms with van der Waals surface area (Å²) >= 11 is 0.918. The van der Waals surface area contributed by atoms with Crippen molar-refractivity contribution in [3.63, 3.8) is 0 Å². The third-order valence-corrected chi connectivity index (χ3v) is 6.01. The first-order valence-corrected chi connectivity index (χ1v) is 9.53. The van der Waals surface area contributed by atoms with Crippen LogP contribution in [0.4, 0.5) is 14.5 Å². The number of sulfonamides is 1. The number of nitrogens with one attached hydrogen (secondary N) is 1. The summed E-state index contributed by atoms with van der Waals surface area (Å²) < 4.78 is 51.6. The Labute approximate surface area is 149 Å². The zero-order valence-electron chi connectivity index (χ0n) is 13.5. The number of benzene rings is 2. The molecule has 0 spiro atoms. The number of rotatable bonds is 6. The number of hydrogen-bond acceptors (Lipinski definition) is 4. The molecule has 134 valence electrons. The van der Waals surface area contributed by atoms with Crippen molar-refractivity contribution >= 4 is 33.4 Å². The number of nitrogens with zero attached hydrogens (tertiary/aromatic N) is 1. The van der Waals surface area contributed by atoms with Gasteiger partial charge in [0.1, 0.15) is 11.6 Å². The van der Waals surface area contributed by atoms with Crippen LogP contribution in [0.15, 0.2) is 52.3 Å². The van der Waals surface area contributed by atoms with Crippen molar-refractivity contribution in [1.82, 2.24) is 4.31 Å². The number of carbonyl (C=O) groups excluding carboxylic acids is 1. The van der Waals surface area contributed by atoms with Crippen LogP contribution in [0, 0.1) is 11.6 Å². The Morgan fingerprint density at radius 3 is 2.52 bits per heavy atom. The highest BCUT2D eigenvalue weighted by Crippen LogP contribution is 2.23. The Balaban J connectivity index is 2.03. The van der Waals surface area contributed by atoms with Crippen LogP contribution >= 0.6 is 11.8 Å². The molecule has 2 aromatic carbocycles. The molecule has 5 nitrogen and oxygen atoms in total. The van der Waals surface area contributed by atoms with Gasteiger partial charge in [0.05, 0.1) is 10.6 Å². The molecule has 0 atom stereocenters. The Morgan fingerprint density at radius 2 is 1.88 bits per heavy atom. The average molecular weight is 386 g/mol. The summed E-state index contributed by atoms with van der Waals surface area (Å²) in [5, 5.41) is 2.56. The molecule has 0 radical (unpaired) electrons. The van der Waals surface area contributed by atoms with Gasteiger partial charge >= 0.3 is 0 Å². The fourth-order valence-electron chi connectivity index (χ4n) is 1.88. The second kappa shape index (κ2) is 7.94. The van der Waals surface area contributed by atoms with E-state index in [4.69, 9.17) is 0 Å². The van der Waals surface area contributed by atoms with Crippen molar-refractivity contribution in [2.45, 2.75) is 9.79 Å². The first-order chi connectivity index (χ1) is 11.7. The van der Waals surface area contributed by atoms with Crippen molar-refractivity contribution in [3.05, 3.63) is 54.1 Å². The normalized spacial score (nSPS) is 11.6. The van der Waals surface area contributed by atoms with Gasteiger partial charge in [-0.05, 0) is 30.3 Å². The van der Waals surface area contributed by atoms with Crippen LogP contribution in [-0.4, -0.2) is 38.5 Å². The molecule has 2 aromatic rings. The van der Waals surface area contributed by atoms with Gasteiger partial charge in [-0.2, -0.15) is 0 Å². The number of anilines is 1. The monoisotopic (exact) mass is 386 g/mol. The number of thioether (sulfide) groups is 1. The lowest BCUT2D eigenvalue weighted by molar-refractivity contribution is -0.113. The molecule has 2 rings (SSSR count). The van der Waals surface area contributed by atoms with Gasteiger partial charge in [0.2, 0.25) is 15.9 Å². The first kappa shape index (κ1) is 19.4. The zero-order chi connectivity index (χ0) is 18.6. The van der Waals surface area contributed by atoms with Gasteiger partial charge in [-0.3, -0.25) is 4.79 Å². The van der Waals surface area contributed by atoms with Gasteiger partial charge in [0.15, 0.2) is 0 Å². The van der Waals surface area contributed by atoms with E-state index in [9.17, 15) is 22.0 Å². The maximum Gasteiger partial charge on any atom is 0.242 e. The summed E-state index contributed by atoms with van der Waals surface area (Å²) in [6.07, 6.45) is 0. The fraction of sp³-hybridized carbons (Fsp3) is 0.188. The average Bonchev–Trinajstić information content (AvgIpc) is 2.54. The molecule has 0 aliphatic heterocycles. The second-order valence-corrected chi connectivity index (χ2v) is 8.40. The molecular formula is C16H16F2N2O3S2. The highest BCUT2D eigenvalue weighted by atomic mass is 32.2. The van der Waals surface area contributed by atoms with Gasteiger partial charge in [-0.25, -0.2) is 21.5 Å². The summed E-state index contributed by atoms with van der Waals surface area (Å²) in [6.45, 7) is 0. The van der Waals surface area contributed by atoms with Crippen molar-refractivity contribution in [1.29, 1.82) is 0 Å². The van der Waals surface area contributed by atoms with Crippen LogP contribution in [0.2, 0.25) is 0 Å². The Morgan fingerprint density at radius 1 is 1.16 bits per heavy atom. The Hall–Kier alpha value is -1.97. The number of carbonyl (C=O) groups is 1. The fourth-order valence-corrected chi connectivity index (χ4v) is 3.55. The largest absolute Gasteiger partial charge is 0.325 e. The zero-order valence-corrected chi connectivity index (χ0v) is 15.1. The van der Waals surface area contributed by atoms with E-state index in [2.05, 4.69) is 5.32 Å². The molecule has 9 heteroatoms. The minimum absolute atomic E-state index is 0.0486. The topological polar surface area (TPSA) is 66.5 Å². The highest BCUT2D eigenvalue weighted by Gasteiger charge is 2.17. The molecule has 0 saturated carbocycles. The maximum absolute atomic E-state index is 13.5. The summed E-state index contributed by atoms with van der Waals surface area (Å²) in [7, 11) is -0.786. The van der Waals surface area contributed by atoms with Crippen molar-refractivity contribution < 1.29 is 22.0 Å². The lowest BCUT2D eigenvalue weighted by atomic mass is 10.3. The van der Waals surface area contributed by atoms with Crippen LogP contribution in [0.1, 0.15) is 0 Å². The minimum atomic E-state index is -3.61. The predicted molar refractivity (Wildman–Crippen MR) is 93.0 cm³/mol. The van der Waals surface area contributed by atoms with Crippen LogP contribution in [0.5, 0.6) is 0 Å². The first-order valence-electron chi connectivity index (χ1n) is 7.10. The lowest BCUT2D eigenvalue weighted by Gasteiger charge is -2.12. The standard InChI is InChI=1S/C16H16F2N2O3S2/c1-20(2)25(22,23)13-5-3-4-12(9-13)19-16(21)10-24-15-7-6-11(17)8-14(15)18/h3-9H,10H2,1-2H3,(H,19,21). The molecular weight excluding hydrogens is 370 g/mol. The maximum atomic E-state index is 13.5. The quantitative estimate of drug-likeness (QED) is 0.776. The molecule has 1 N–H and O–H groups in total. The molecule has 0 aliphatic carbocycles. The highest BCUT2D eigenvalue weighted by molar-refractivity contribution is 8.00. The molecule has 0 unspecified atom stereocenters. The Kier molecular flexibility index (Phi) is 6.15. The predicted octanol–water partition coefficient (Wildman–Crippen LogP) is 2.95. The summed E-state index contributed by atoms with van der Waals surface area (Å²) in [6, 6.07) is 8.94. The number of halogens is 2. The summed E-state index contributed by atoms with van der Waals surface area (Å²) in [4.78, 5) is 12.2. The van der Waals surface area contributed by atoms with Crippen molar-refractivity contribution in [2.24, 2.45) is 0 Å². The lowest BCUT2D eigenvalue weighted by Crippen LogP contribution is -2.22. The second-order valence-electron chi connectivity index (χ2n) is 5.23. The van der Waals surface area contributed by atoms with Crippen LogP contribution < -0.4 is 5.32 Å². The van der Waals surface area contributed by atoms with E-state index in [0.717, 1.165) is 28.2 Å². The minimum Gasteiger partial charge on any atom is -0.325 e. The molecule has 0 heterocycles. The van der Waals surface area contributed by atoms with E-state index < -0.39 is 27.6 Å². The van der Waals surface area contributed by atoms with E-state index in [1.54, 1.807) is 6.07 Å². The van der Waals surface area contributed by atoms with E-state index in [0.29, 0.717) is 5.69 Å². The molecule has 0 aliphatic rings. The molecule has 0 fully saturated rings. The van der Waals surface area contributed by atoms with Gasteiger partial charge in [-0.15, -0.1) is 11.8 Å². The van der Waals surface area contributed by atoms with E-state index in [-0.39, 0.29) is 15.5 Å². The van der Waals surface area contributed by atoms with Crippen LogP contribution in [0.25, 0.3) is 0 Å². The molecule has 1 amide bonds. The van der Waals surface area contributed by atoms with Crippen LogP contribution in [0.3, 0.4) is 0 Å². The number of amides is 1. The van der Waals surface area contributed by atoms with E-state index in [1.807, 2.05) is 0 Å². The van der Waals surface area contributed by atoms with Crippen molar-refractivity contribution in [2.75, 3.05) is 25.2 Å². The van der Waals surface area contributed by atoms with E-state index >= 15 is 0 Å². The summed E-state index contributed by atoms with van der Waals surface area (Å²) in [5.41, 5.74) is 0.313. The van der Waals surface area contributed by atoms with E-state index in [1.165, 1.54) is 38.4 Å².